The highest BCUT2D eigenvalue weighted by Crippen LogP contribution is 2.26. The zero-order chi connectivity index (χ0) is 23.8. The van der Waals surface area contributed by atoms with Crippen molar-refractivity contribution in [1.82, 2.24) is 10.6 Å². The quantitative estimate of drug-likeness (QED) is 0.580. The Morgan fingerprint density at radius 3 is 1.94 bits per heavy atom. The summed E-state index contributed by atoms with van der Waals surface area (Å²) in [7, 11) is 2.88. The van der Waals surface area contributed by atoms with Crippen LogP contribution in [0.5, 0.6) is 0 Å². The molecule has 0 unspecified atom stereocenters. The summed E-state index contributed by atoms with van der Waals surface area (Å²) in [6.45, 7) is 1.30. The molecular weight excluding hydrogens is 428 g/mol. The van der Waals surface area contributed by atoms with Crippen molar-refractivity contribution >= 4 is 17.8 Å². The fourth-order valence-electron chi connectivity index (χ4n) is 3.75. The predicted octanol–water partition coefficient (Wildman–Crippen LogP) is 1.53. The van der Waals surface area contributed by atoms with Crippen LogP contribution in [0.15, 0.2) is 60.7 Å². The van der Waals surface area contributed by atoms with Gasteiger partial charge in [-0.1, -0.05) is 36.4 Å². The number of nitrogens with one attached hydrogen (secondary N) is 2. The monoisotopic (exact) mass is 456 g/mol. The molecule has 5 atom stereocenters. The summed E-state index contributed by atoms with van der Waals surface area (Å²) in [5.41, 5.74) is 0.931. The van der Waals surface area contributed by atoms with Gasteiger partial charge in [-0.25, -0.2) is 0 Å². The van der Waals surface area contributed by atoms with E-state index < -0.39 is 36.6 Å². The van der Waals surface area contributed by atoms with Crippen LogP contribution in [-0.2, 0) is 23.7 Å². The van der Waals surface area contributed by atoms with E-state index in [4.69, 9.17) is 18.9 Å². The van der Waals surface area contributed by atoms with Gasteiger partial charge in [0.25, 0.3) is 11.8 Å². The first kappa shape index (κ1) is 24.4. The topological polar surface area (TPSA) is 112 Å². The highest BCUT2D eigenvalue weighted by Gasteiger charge is 2.49. The number of carbonyl (C=O) groups is 3. The van der Waals surface area contributed by atoms with Crippen molar-refractivity contribution in [3.8, 4) is 0 Å². The minimum Gasteiger partial charge on any atom is -0.457 e. The van der Waals surface area contributed by atoms with Gasteiger partial charge in [0.1, 0.15) is 18.2 Å². The average molecular weight is 456 g/mol. The smallest absolute Gasteiger partial charge is 0.303 e. The van der Waals surface area contributed by atoms with Crippen LogP contribution in [0.3, 0.4) is 0 Å². The molecule has 9 heteroatoms. The Kier molecular flexibility index (Phi) is 8.53. The number of ether oxygens (including phenoxy) is 4. The molecule has 2 amide bonds. The third kappa shape index (κ3) is 6.16. The van der Waals surface area contributed by atoms with Crippen LogP contribution < -0.4 is 10.6 Å². The molecule has 2 aromatic rings. The number of amides is 2. The zero-order valence-electron chi connectivity index (χ0n) is 18.7. The van der Waals surface area contributed by atoms with Gasteiger partial charge in [-0.05, 0) is 24.3 Å². The number of methoxy groups -OCH3 is 2. The summed E-state index contributed by atoms with van der Waals surface area (Å²) in [4.78, 5) is 37.1. The van der Waals surface area contributed by atoms with E-state index in [9.17, 15) is 14.4 Å². The van der Waals surface area contributed by atoms with Gasteiger partial charge in [0, 0.05) is 38.8 Å². The SMILES string of the molecule is CO[C@@H]1O[C@H](CNC(=O)c2ccccc2)[C@H](OC(C)=O)[C@H](OC)[C@H]1NC(=O)c1ccccc1. The van der Waals surface area contributed by atoms with Crippen LogP contribution in [0.1, 0.15) is 27.6 Å². The summed E-state index contributed by atoms with van der Waals surface area (Å²) in [5.74, 6) is -1.21. The third-order valence-corrected chi connectivity index (χ3v) is 5.29. The molecule has 0 aliphatic carbocycles. The van der Waals surface area contributed by atoms with Crippen molar-refractivity contribution in [1.29, 1.82) is 0 Å². The van der Waals surface area contributed by atoms with Gasteiger partial charge in [-0.15, -0.1) is 0 Å². The van der Waals surface area contributed by atoms with Crippen LogP contribution in [0.4, 0.5) is 0 Å². The second kappa shape index (κ2) is 11.6. The summed E-state index contributed by atoms with van der Waals surface area (Å²) < 4.78 is 22.6. The van der Waals surface area contributed by atoms with Gasteiger partial charge < -0.3 is 29.6 Å². The second-order valence-electron chi connectivity index (χ2n) is 7.49. The largest absolute Gasteiger partial charge is 0.457 e. The molecule has 3 rings (SSSR count). The van der Waals surface area contributed by atoms with Crippen molar-refractivity contribution in [3.63, 3.8) is 0 Å². The number of benzene rings is 2. The fourth-order valence-corrected chi connectivity index (χ4v) is 3.75. The first-order valence-electron chi connectivity index (χ1n) is 10.5. The average Bonchev–Trinajstić information content (AvgIpc) is 2.84. The molecule has 0 spiro atoms. The van der Waals surface area contributed by atoms with Gasteiger partial charge in [-0.2, -0.15) is 0 Å². The lowest BCUT2D eigenvalue weighted by Crippen LogP contribution is -2.66. The van der Waals surface area contributed by atoms with Crippen LogP contribution in [-0.4, -0.2) is 69.2 Å². The molecule has 0 aromatic heterocycles. The molecule has 0 bridgehead atoms. The van der Waals surface area contributed by atoms with Crippen molar-refractivity contribution < 1.29 is 33.3 Å². The summed E-state index contributed by atoms with van der Waals surface area (Å²) in [6, 6.07) is 16.6. The standard InChI is InChI=1S/C24H28N2O7/c1-15(27)32-20-18(14-25-22(28)16-10-6-4-7-11-16)33-24(31-3)19(21(20)30-2)26-23(29)17-12-8-5-9-13-17/h4-13,18-21,24H,14H2,1-3H3,(H,25,28)(H,26,29)/t18-,19-,20+,21-,24-/m1/s1. The number of hydrogen-bond acceptors (Lipinski definition) is 7. The van der Waals surface area contributed by atoms with Crippen LogP contribution >= 0.6 is 0 Å². The Morgan fingerprint density at radius 1 is 0.848 bits per heavy atom. The molecule has 2 N–H and O–H groups in total. The van der Waals surface area contributed by atoms with Gasteiger partial charge in [0.15, 0.2) is 12.4 Å². The van der Waals surface area contributed by atoms with Crippen LogP contribution in [0, 0.1) is 0 Å². The zero-order valence-corrected chi connectivity index (χ0v) is 18.7. The van der Waals surface area contributed by atoms with E-state index in [1.54, 1.807) is 48.5 Å². The molecule has 1 heterocycles. The lowest BCUT2D eigenvalue weighted by atomic mass is 9.95. The van der Waals surface area contributed by atoms with E-state index in [2.05, 4.69) is 10.6 Å². The molecule has 176 valence electrons. The summed E-state index contributed by atoms with van der Waals surface area (Å²) in [5, 5.41) is 5.65. The molecule has 9 nitrogen and oxygen atoms in total. The van der Waals surface area contributed by atoms with E-state index in [1.807, 2.05) is 12.1 Å². The van der Waals surface area contributed by atoms with Gasteiger partial charge >= 0.3 is 5.97 Å². The first-order chi connectivity index (χ1) is 15.9. The molecule has 0 radical (unpaired) electrons. The normalized spacial score (nSPS) is 24.5. The Labute approximate surface area is 192 Å². The number of hydrogen-bond donors (Lipinski definition) is 2. The van der Waals surface area contributed by atoms with Gasteiger partial charge in [0.05, 0.1) is 0 Å². The maximum absolute atomic E-state index is 12.8. The highest BCUT2D eigenvalue weighted by molar-refractivity contribution is 5.94. The Hall–Kier alpha value is -3.27. The number of rotatable bonds is 8. The Balaban J connectivity index is 1.78. The van der Waals surface area contributed by atoms with E-state index in [-0.39, 0.29) is 18.4 Å². The molecule has 1 aliphatic rings. The van der Waals surface area contributed by atoms with Gasteiger partial charge in [-0.3, -0.25) is 14.4 Å². The highest BCUT2D eigenvalue weighted by atomic mass is 16.7. The Bertz CT molecular complexity index is 938. The number of esters is 1. The molecule has 1 fully saturated rings. The molecule has 2 aromatic carbocycles. The van der Waals surface area contributed by atoms with Crippen LogP contribution in [0.2, 0.25) is 0 Å². The molecular formula is C24H28N2O7. The maximum Gasteiger partial charge on any atom is 0.303 e. The van der Waals surface area contributed by atoms with E-state index >= 15 is 0 Å². The van der Waals surface area contributed by atoms with Crippen molar-refractivity contribution in [2.45, 2.75) is 37.6 Å². The van der Waals surface area contributed by atoms with E-state index in [0.717, 1.165) is 0 Å². The first-order valence-corrected chi connectivity index (χ1v) is 10.5. The minimum absolute atomic E-state index is 0.0325. The van der Waals surface area contributed by atoms with Crippen molar-refractivity contribution in [2.75, 3.05) is 20.8 Å². The minimum atomic E-state index is -0.909. The van der Waals surface area contributed by atoms with Crippen LogP contribution in [0.25, 0.3) is 0 Å². The third-order valence-electron chi connectivity index (χ3n) is 5.29. The summed E-state index contributed by atoms with van der Waals surface area (Å²) >= 11 is 0. The number of carbonyl (C=O) groups excluding carboxylic acids is 3. The van der Waals surface area contributed by atoms with E-state index in [1.165, 1.54) is 21.1 Å². The molecule has 0 saturated carbocycles. The Morgan fingerprint density at radius 2 is 1.42 bits per heavy atom. The summed E-state index contributed by atoms with van der Waals surface area (Å²) in [6.07, 6.45) is -3.38. The fraction of sp³-hybridized carbons (Fsp3) is 0.375. The predicted molar refractivity (Wildman–Crippen MR) is 118 cm³/mol. The van der Waals surface area contributed by atoms with Crippen molar-refractivity contribution in [2.24, 2.45) is 0 Å². The maximum atomic E-state index is 12.8. The molecule has 33 heavy (non-hydrogen) atoms. The lowest BCUT2D eigenvalue weighted by Gasteiger charge is -2.45. The van der Waals surface area contributed by atoms with Gasteiger partial charge in [0.2, 0.25) is 0 Å². The molecule has 1 aliphatic heterocycles. The van der Waals surface area contributed by atoms with Crippen molar-refractivity contribution in [3.05, 3.63) is 71.8 Å². The van der Waals surface area contributed by atoms with E-state index in [0.29, 0.717) is 11.1 Å². The second-order valence-corrected chi connectivity index (χ2v) is 7.49. The lowest BCUT2D eigenvalue weighted by molar-refractivity contribution is -0.262. The molecule has 1 saturated heterocycles.